The van der Waals surface area contributed by atoms with E-state index in [1.165, 1.54) is 17.1 Å². The van der Waals surface area contributed by atoms with Crippen molar-refractivity contribution in [2.75, 3.05) is 19.6 Å². The van der Waals surface area contributed by atoms with E-state index in [0.717, 1.165) is 58.4 Å². The van der Waals surface area contributed by atoms with Crippen LogP contribution in [0.2, 0.25) is 0 Å². The zero-order chi connectivity index (χ0) is 39.8. The molecule has 0 heterocycles. The van der Waals surface area contributed by atoms with E-state index in [0.29, 0.717) is 5.92 Å². The molecule has 288 valence electrons. The fourth-order valence-electron chi connectivity index (χ4n) is 8.21. The lowest BCUT2D eigenvalue weighted by atomic mass is 10.00. The van der Waals surface area contributed by atoms with E-state index in [1.54, 1.807) is 0 Å². The van der Waals surface area contributed by atoms with E-state index < -0.39 is 0 Å². The van der Waals surface area contributed by atoms with Gasteiger partial charge in [0.1, 0.15) is 0 Å². The lowest BCUT2D eigenvalue weighted by Gasteiger charge is -2.35. The first kappa shape index (κ1) is 37.3. The van der Waals surface area contributed by atoms with E-state index in [4.69, 9.17) is 0 Å². The summed E-state index contributed by atoms with van der Waals surface area (Å²) in [6, 6.07) is 71.4. The molecule has 0 amide bonds. The first-order valence-electron chi connectivity index (χ1n) is 20.6. The summed E-state index contributed by atoms with van der Waals surface area (Å²) in [7, 11) is 0. The number of allylic oxidation sites excluding steroid dienone is 4. The van der Waals surface area contributed by atoms with Crippen LogP contribution in [0.3, 0.4) is 0 Å². The lowest BCUT2D eigenvalue weighted by molar-refractivity contribution is 0.726. The number of para-hydroxylation sites is 5. The van der Waals surface area contributed by atoms with E-state index in [2.05, 4.69) is 263 Å². The number of nitrogens with zero attached hydrogens (tertiary/aromatic N) is 4. The van der Waals surface area contributed by atoms with Crippen molar-refractivity contribution >= 4 is 51.2 Å². The van der Waals surface area contributed by atoms with E-state index in [1.807, 2.05) is 0 Å². The third kappa shape index (κ3) is 8.25. The van der Waals surface area contributed by atoms with Gasteiger partial charge in [0.2, 0.25) is 0 Å². The summed E-state index contributed by atoms with van der Waals surface area (Å²) in [6.07, 6.45) is 15.9. The minimum absolute atomic E-state index is 0.152. The molecule has 0 N–H and O–H groups in total. The predicted octanol–water partition coefficient (Wildman–Crippen LogP) is 15.0. The minimum atomic E-state index is 0.152. The molecular weight excluding hydrogens is 717 g/mol. The molecule has 7 aromatic carbocycles. The SMILES string of the molecule is CC1C=C(N(c2ccccc2)c2ccc(N(C3=CCC(N(c4ccccc4)c4ccccc4)C=C3)c3ccc(N(c4ccccc4)c4ccccc4)cc3)cc2)C=CC1. The van der Waals surface area contributed by atoms with Crippen LogP contribution in [0.4, 0.5) is 51.2 Å². The third-order valence-electron chi connectivity index (χ3n) is 11.0. The molecule has 4 nitrogen and oxygen atoms in total. The van der Waals surface area contributed by atoms with Gasteiger partial charge in [-0.15, -0.1) is 0 Å². The summed E-state index contributed by atoms with van der Waals surface area (Å²) in [5.74, 6) is 0.479. The van der Waals surface area contributed by atoms with Crippen LogP contribution in [-0.2, 0) is 0 Å². The van der Waals surface area contributed by atoms with Crippen LogP contribution in [0.15, 0.2) is 248 Å². The van der Waals surface area contributed by atoms with Crippen LogP contribution in [0.1, 0.15) is 19.8 Å². The first-order chi connectivity index (χ1) is 29.2. The molecule has 2 aliphatic rings. The molecule has 0 aliphatic heterocycles. The van der Waals surface area contributed by atoms with Gasteiger partial charge in [-0.3, -0.25) is 0 Å². The summed E-state index contributed by atoms with van der Waals surface area (Å²) in [5, 5.41) is 0. The van der Waals surface area contributed by atoms with Gasteiger partial charge >= 0.3 is 0 Å². The maximum absolute atomic E-state index is 2.44. The van der Waals surface area contributed by atoms with Gasteiger partial charge in [0, 0.05) is 62.6 Å². The van der Waals surface area contributed by atoms with Crippen molar-refractivity contribution in [2.45, 2.75) is 25.8 Å². The van der Waals surface area contributed by atoms with Gasteiger partial charge in [-0.1, -0.05) is 122 Å². The van der Waals surface area contributed by atoms with E-state index >= 15 is 0 Å². The second-order valence-electron chi connectivity index (χ2n) is 15.1. The largest absolute Gasteiger partial charge is 0.334 e. The Morgan fingerprint density at radius 1 is 0.356 bits per heavy atom. The minimum Gasteiger partial charge on any atom is -0.334 e. The Morgan fingerprint density at radius 2 is 0.712 bits per heavy atom. The summed E-state index contributed by atoms with van der Waals surface area (Å²) in [6.45, 7) is 2.28. The standard InChI is InChI=1S/C55H48N4/c1-43-18-17-29-55(42-43)59(48-27-15-6-16-28-48)54-40-38-53(39-41-54)58(51-34-30-49(31-35-51)56(44-19-7-2-8-20-44)45-21-9-3-10-22-45)52-36-32-50(33-37-52)57(46-23-11-4-12-24-46)47-25-13-5-14-26-47/h2-17,19-32,34-43,50H,18,33H2,1H3. The van der Waals surface area contributed by atoms with Gasteiger partial charge in [0.05, 0.1) is 6.04 Å². The molecular formula is C55H48N4. The molecule has 2 atom stereocenters. The highest BCUT2D eigenvalue weighted by molar-refractivity contribution is 5.80. The van der Waals surface area contributed by atoms with Crippen molar-refractivity contribution in [2.24, 2.45) is 5.92 Å². The molecule has 0 bridgehead atoms. The van der Waals surface area contributed by atoms with Gasteiger partial charge in [-0.25, -0.2) is 0 Å². The van der Waals surface area contributed by atoms with Crippen molar-refractivity contribution in [1.82, 2.24) is 0 Å². The molecule has 7 aromatic rings. The van der Waals surface area contributed by atoms with Gasteiger partial charge in [-0.2, -0.15) is 0 Å². The number of anilines is 9. The van der Waals surface area contributed by atoms with Crippen LogP contribution in [0.5, 0.6) is 0 Å². The van der Waals surface area contributed by atoms with Crippen molar-refractivity contribution in [3.63, 3.8) is 0 Å². The molecule has 0 aromatic heterocycles. The molecule has 0 saturated carbocycles. The van der Waals surface area contributed by atoms with Crippen molar-refractivity contribution in [3.8, 4) is 0 Å². The first-order valence-corrected chi connectivity index (χ1v) is 20.6. The van der Waals surface area contributed by atoms with Crippen LogP contribution >= 0.6 is 0 Å². The average molecular weight is 765 g/mol. The van der Waals surface area contributed by atoms with Gasteiger partial charge < -0.3 is 19.6 Å². The number of hydrogen-bond donors (Lipinski definition) is 0. The van der Waals surface area contributed by atoms with Gasteiger partial charge in [0.15, 0.2) is 0 Å². The molecule has 0 fully saturated rings. The monoisotopic (exact) mass is 764 g/mol. The van der Waals surface area contributed by atoms with E-state index in [9.17, 15) is 0 Å². The molecule has 59 heavy (non-hydrogen) atoms. The predicted molar refractivity (Wildman–Crippen MR) is 250 cm³/mol. The molecule has 0 spiro atoms. The quantitative estimate of drug-likeness (QED) is 0.123. The fraction of sp³-hybridized carbons (Fsp3) is 0.0909. The van der Waals surface area contributed by atoms with Gasteiger partial charge in [0.25, 0.3) is 0 Å². The highest BCUT2D eigenvalue weighted by Gasteiger charge is 2.24. The molecule has 0 saturated heterocycles. The Kier molecular flexibility index (Phi) is 11.0. The average Bonchev–Trinajstić information content (AvgIpc) is 3.30. The Hall–Kier alpha value is -7.30. The summed E-state index contributed by atoms with van der Waals surface area (Å²) < 4.78 is 0. The van der Waals surface area contributed by atoms with E-state index in [-0.39, 0.29) is 6.04 Å². The zero-order valence-corrected chi connectivity index (χ0v) is 33.4. The topological polar surface area (TPSA) is 13.0 Å². The molecule has 2 unspecified atom stereocenters. The number of hydrogen-bond acceptors (Lipinski definition) is 4. The Bertz CT molecular complexity index is 2470. The molecule has 9 rings (SSSR count). The highest BCUT2D eigenvalue weighted by Crippen LogP contribution is 2.41. The third-order valence-corrected chi connectivity index (χ3v) is 11.0. The Labute approximate surface area is 349 Å². The molecule has 2 aliphatic carbocycles. The Balaban J connectivity index is 1.10. The maximum Gasteiger partial charge on any atom is 0.0561 e. The van der Waals surface area contributed by atoms with Crippen molar-refractivity contribution < 1.29 is 0 Å². The Morgan fingerprint density at radius 3 is 1.10 bits per heavy atom. The fourth-order valence-corrected chi connectivity index (χ4v) is 8.21. The van der Waals surface area contributed by atoms with Crippen molar-refractivity contribution in [3.05, 3.63) is 248 Å². The van der Waals surface area contributed by atoms with Crippen LogP contribution in [0, 0.1) is 5.92 Å². The summed E-state index contributed by atoms with van der Waals surface area (Å²) >= 11 is 0. The number of benzene rings is 7. The zero-order valence-electron chi connectivity index (χ0n) is 33.4. The highest BCUT2D eigenvalue weighted by atomic mass is 15.2. The van der Waals surface area contributed by atoms with Gasteiger partial charge in [-0.05, 0) is 140 Å². The maximum atomic E-state index is 2.44. The molecule has 4 heteroatoms. The molecule has 0 radical (unpaired) electrons. The van der Waals surface area contributed by atoms with Crippen molar-refractivity contribution in [1.29, 1.82) is 0 Å². The van der Waals surface area contributed by atoms with Crippen LogP contribution in [0.25, 0.3) is 0 Å². The smallest absolute Gasteiger partial charge is 0.0561 e. The van der Waals surface area contributed by atoms with Crippen LogP contribution < -0.4 is 19.6 Å². The second-order valence-corrected chi connectivity index (χ2v) is 15.1. The second kappa shape index (κ2) is 17.5. The normalized spacial score (nSPS) is 15.8. The lowest BCUT2D eigenvalue weighted by Crippen LogP contribution is -2.31. The summed E-state index contributed by atoms with van der Waals surface area (Å²) in [5.41, 5.74) is 12.5. The van der Waals surface area contributed by atoms with Crippen LogP contribution in [-0.4, -0.2) is 6.04 Å². The summed E-state index contributed by atoms with van der Waals surface area (Å²) in [4.78, 5) is 9.50. The number of rotatable bonds is 12.